The normalized spacial score (nSPS) is 21.3. The fourth-order valence-electron chi connectivity index (χ4n) is 3.44. The number of aryl methyl sites for hydroxylation is 1. The monoisotopic (exact) mass is 350 g/mol. The number of fused-ring (bicyclic) bond motifs is 1. The van der Waals surface area contributed by atoms with E-state index in [1.807, 2.05) is 13.0 Å². The second-order valence-electron chi connectivity index (χ2n) is 6.59. The summed E-state index contributed by atoms with van der Waals surface area (Å²) in [6.07, 6.45) is 0. The molecule has 1 N–H and O–H groups in total. The molecule has 1 fully saturated rings. The zero-order valence-corrected chi connectivity index (χ0v) is 15.4. The highest BCUT2D eigenvalue weighted by molar-refractivity contribution is 7.17. The van der Waals surface area contributed by atoms with Crippen LogP contribution in [0.2, 0.25) is 0 Å². The van der Waals surface area contributed by atoms with E-state index in [1.165, 1.54) is 0 Å². The Bertz CT molecular complexity index is 678. The molecule has 3 rings (SSSR count). The summed E-state index contributed by atoms with van der Waals surface area (Å²) in [6.45, 7) is 6.54. The molecule has 2 aromatic rings. The van der Waals surface area contributed by atoms with E-state index < -0.39 is 0 Å². The van der Waals surface area contributed by atoms with E-state index in [0.717, 1.165) is 54.6 Å². The number of aromatic nitrogens is 2. The number of hydrogen-bond acceptors (Lipinski definition) is 7. The largest absolute Gasteiger partial charge is 0.396 e. The second-order valence-corrected chi connectivity index (χ2v) is 7.51. The highest BCUT2D eigenvalue weighted by Gasteiger charge is 2.34. The number of thiophene rings is 1. The van der Waals surface area contributed by atoms with Crippen LogP contribution < -0.4 is 4.90 Å². The van der Waals surface area contributed by atoms with Crippen molar-refractivity contribution >= 4 is 27.4 Å². The van der Waals surface area contributed by atoms with Gasteiger partial charge in [0, 0.05) is 45.8 Å². The molecule has 1 saturated heterocycles. The van der Waals surface area contributed by atoms with Crippen molar-refractivity contribution in [2.75, 3.05) is 58.5 Å². The van der Waals surface area contributed by atoms with Gasteiger partial charge in [0.15, 0.2) is 0 Å². The maximum absolute atomic E-state index is 9.82. The number of rotatable bonds is 7. The SMILES string of the molecule is COCCN(C)C[C@@H]1CN(c2nc(C)nc3ccsc23)C[C@@H]1CO. The molecule has 0 radical (unpaired) electrons. The number of ether oxygens (including phenoxy) is 1. The van der Waals surface area contributed by atoms with Gasteiger partial charge in [-0.05, 0) is 31.3 Å². The highest BCUT2D eigenvalue weighted by Crippen LogP contribution is 2.34. The van der Waals surface area contributed by atoms with E-state index in [-0.39, 0.29) is 12.5 Å². The number of aliphatic hydroxyl groups excluding tert-OH is 1. The average Bonchev–Trinajstić information content (AvgIpc) is 3.18. The fourth-order valence-corrected chi connectivity index (χ4v) is 4.29. The van der Waals surface area contributed by atoms with Gasteiger partial charge in [0.05, 0.1) is 16.8 Å². The fraction of sp³-hybridized carbons (Fsp3) is 0.647. The summed E-state index contributed by atoms with van der Waals surface area (Å²) in [4.78, 5) is 13.8. The Balaban J connectivity index is 1.76. The second kappa shape index (κ2) is 7.74. The van der Waals surface area contributed by atoms with E-state index in [2.05, 4.69) is 27.2 Å². The number of aliphatic hydroxyl groups is 1. The first-order valence-corrected chi connectivity index (χ1v) is 9.25. The van der Waals surface area contributed by atoms with E-state index in [4.69, 9.17) is 9.72 Å². The van der Waals surface area contributed by atoms with Gasteiger partial charge in [-0.3, -0.25) is 0 Å². The maximum atomic E-state index is 9.82. The minimum absolute atomic E-state index is 0.219. The molecule has 2 atom stereocenters. The summed E-state index contributed by atoms with van der Waals surface area (Å²) in [5, 5.41) is 11.9. The summed E-state index contributed by atoms with van der Waals surface area (Å²) in [6, 6.07) is 2.05. The summed E-state index contributed by atoms with van der Waals surface area (Å²) in [5.41, 5.74) is 1.02. The van der Waals surface area contributed by atoms with Gasteiger partial charge < -0.3 is 19.6 Å². The number of nitrogens with zero attached hydrogens (tertiary/aromatic N) is 4. The van der Waals surface area contributed by atoms with Crippen LogP contribution in [0.25, 0.3) is 10.2 Å². The van der Waals surface area contributed by atoms with Gasteiger partial charge in [-0.2, -0.15) is 0 Å². The average molecular weight is 350 g/mol. The molecule has 132 valence electrons. The molecule has 0 amide bonds. The molecule has 0 spiro atoms. The van der Waals surface area contributed by atoms with Crippen molar-refractivity contribution < 1.29 is 9.84 Å². The van der Waals surface area contributed by atoms with Gasteiger partial charge in [0.25, 0.3) is 0 Å². The van der Waals surface area contributed by atoms with Gasteiger partial charge in [-0.15, -0.1) is 11.3 Å². The molecule has 1 aliphatic rings. The Morgan fingerprint density at radius 1 is 1.38 bits per heavy atom. The predicted octanol–water partition coefficient (Wildman–Crippen LogP) is 1.62. The molecular weight excluding hydrogens is 324 g/mol. The first-order chi connectivity index (χ1) is 11.6. The van der Waals surface area contributed by atoms with E-state index in [9.17, 15) is 5.11 Å². The molecule has 3 heterocycles. The van der Waals surface area contributed by atoms with Gasteiger partial charge in [0.1, 0.15) is 11.6 Å². The number of likely N-dealkylation sites (N-methyl/N-ethyl adjacent to an activating group) is 1. The molecule has 0 saturated carbocycles. The molecule has 0 aliphatic carbocycles. The Morgan fingerprint density at radius 3 is 2.92 bits per heavy atom. The minimum atomic E-state index is 0.219. The van der Waals surface area contributed by atoms with Crippen molar-refractivity contribution in [3.05, 3.63) is 17.3 Å². The molecule has 0 aromatic carbocycles. The van der Waals surface area contributed by atoms with Crippen LogP contribution in [-0.2, 0) is 4.74 Å². The molecule has 2 aromatic heterocycles. The molecule has 0 bridgehead atoms. The number of anilines is 1. The van der Waals surface area contributed by atoms with Crippen molar-refractivity contribution in [1.82, 2.24) is 14.9 Å². The van der Waals surface area contributed by atoms with Crippen molar-refractivity contribution in [3.63, 3.8) is 0 Å². The third-order valence-electron chi connectivity index (χ3n) is 4.73. The van der Waals surface area contributed by atoms with Crippen molar-refractivity contribution in [1.29, 1.82) is 0 Å². The number of methoxy groups -OCH3 is 1. The first-order valence-electron chi connectivity index (χ1n) is 8.37. The smallest absolute Gasteiger partial charge is 0.150 e. The Morgan fingerprint density at radius 2 is 2.17 bits per heavy atom. The van der Waals surface area contributed by atoms with Crippen molar-refractivity contribution in [3.8, 4) is 0 Å². The Labute approximate surface area is 147 Å². The van der Waals surface area contributed by atoms with Gasteiger partial charge in [0.2, 0.25) is 0 Å². The first kappa shape index (κ1) is 17.5. The molecule has 7 heteroatoms. The third kappa shape index (κ3) is 3.69. The molecular formula is C17H26N4O2S. The quantitative estimate of drug-likeness (QED) is 0.819. The maximum Gasteiger partial charge on any atom is 0.150 e. The van der Waals surface area contributed by atoms with Gasteiger partial charge in [-0.1, -0.05) is 0 Å². The van der Waals surface area contributed by atoms with E-state index >= 15 is 0 Å². The molecule has 24 heavy (non-hydrogen) atoms. The lowest BCUT2D eigenvalue weighted by atomic mass is 9.96. The number of hydrogen-bond donors (Lipinski definition) is 1. The Kier molecular flexibility index (Phi) is 5.65. The standard InChI is InChI=1S/C17H26N4O2S/c1-12-18-15-4-7-24-16(15)17(19-12)21-9-13(14(10-21)11-22)8-20(2)5-6-23-3/h4,7,13-14,22H,5-6,8-11H2,1-3H3/t13-,14-/m1/s1. The lowest BCUT2D eigenvalue weighted by Crippen LogP contribution is -2.33. The van der Waals surface area contributed by atoms with Crippen LogP contribution in [0.4, 0.5) is 5.82 Å². The molecule has 0 unspecified atom stereocenters. The van der Waals surface area contributed by atoms with Crippen LogP contribution in [0.3, 0.4) is 0 Å². The topological polar surface area (TPSA) is 61.7 Å². The lowest BCUT2D eigenvalue weighted by molar-refractivity contribution is 0.136. The summed E-state index contributed by atoms with van der Waals surface area (Å²) >= 11 is 1.69. The van der Waals surface area contributed by atoms with Crippen LogP contribution in [0.15, 0.2) is 11.4 Å². The van der Waals surface area contributed by atoms with Crippen LogP contribution in [0.5, 0.6) is 0 Å². The van der Waals surface area contributed by atoms with Gasteiger partial charge in [-0.25, -0.2) is 9.97 Å². The predicted molar refractivity (Wildman–Crippen MR) is 97.8 cm³/mol. The molecule has 1 aliphatic heterocycles. The lowest BCUT2D eigenvalue weighted by Gasteiger charge is -2.23. The van der Waals surface area contributed by atoms with Crippen molar-refractivity contribution in [2.45, 2.75) is 6.92 Å². The van der Waals surface area contributed by atoms with Gasteiger partial charge >= 0.3 is 0 Å². The minimum Gasteiger partial charge on any atom is -0.396 e. The Hall–Kier alpha value is -1.28. The van der Waals surface area contributed by atoms with Crippen molar-refractivity contribution in [2.24, 2.45) is 11.8 Å². The highest BCUT2D eigenvalue weighted by atomic mass is 32.1. The zero-order chi connectivity index (χ0) is 17.1. The van der Waals surface area contributed by atoms with Crippen LogP contribution in [0.1, 0.15) is 5.82 Å². The summed E-state index contributed by atoms with van der Waals surface area (Å²) in [5.74, 6) is 2.53. The van der Waals surface area contributed by atoms with Crippen LogP contribution in [0, 0.1) is 18.8 Å². The summed E-state index contributed by atoms with van der Waals surface area (Å²) < 4.78 is 6.30. The third-order valence-corrected chi connectivity index (χ3v) is 5.63. The van der Waals surface area contributed by atoms with Crippen LogP contribution >= 0.6 is 11.3 Å². The van der Waals surface area contributed by atoms with E-state index in [1.54, 1.807) is 18.4 Å². The molecule has 6 nitrogen and oxygen atoms in total. The van der Waals surface area contributed by atoms with E-state index in [0.29, 0.717) is 5.92 Å². The summed E-state index contributed by atoms with van der Waals surface area (Å²) in [7, 11) is 3.84. The van der Waals surface area contributed by atoms with Crippen LogP contribution in [-0.4, -0.2) is 73.5 Å². The zero-order valence-electron chi connectivity index (χ0n) is 14.6.